The lowest BCUT2D eigenvalue weighted by Gasteiger charge is -2.12. The molecule has 2 rings (SSSR count). The van der Waals surface area contributed by atoms with Crippen LogP contribution in [0.3, 0.4) is 0 Å². The van der Waals surface area contributed by atoms with Crippen LogP contribution < -0.4 is 5.32 Å². The van der Waals surface area contributed by atoms with Crippen LogP contribution >= 0.6 is 0 Å². The predicted octanol–water partition coefficient (Wildman–Crippen LogP) is 2.99. The minimum atomic E-state index is -0.0129. The summed E-state index contributed by atoms with van der Waals surface area (Å²) < 4.78 is 1.94. The molecule has 0 fully saturated rings. The maximum atomic E-state index is 12.8. The summed E-state index contributed by atoms with van der Waals surface area (Å²) in [4.78, 5) is 14.9. The molecule has 1 aromatic heterocycles. The summed E-state index contributed by atoms with van der Waals surface area (Å²) in [6.45, 7) is 7.72. The smallest absolute Gasteiger partial charge is 0.255 e. The third kappa shape index (κ3) is 4.69. The molecule has 5 nitrogen and oxygen atoms in total. The lowest BCUT2D eigenvalue weighted by atomic mass is 10.1. The van der Waals surface area contributed by atoms with E-state index in [0.717, 1.165) is 48.4 Å². The number of amides is 1. The quantitative estimate of drug-likeness (QED) is 0.802. The van der Waals surface area contributed by atoms with Crippen LogP contribution in [0.15, 0.2) is 24.3 Å². The third-order valence-electron chi connectivity index (χ3n) is 4.19. The standard InChI is InChI=1S/C20H30N4O/c1-6-9-17-19(20(25)21-12-13-23(4)5)18(7-2)24(22-17)16-11-8-10-15(3)14-16/h8,10-11,14H,6-7,9,12-13H2,1-5H3,(H,21,25). The van der Waals surface area contributed by atoms with Crippen molar-refractivity contribution in [1.82, 2.24) is 20.0 Å². The Labute approximate surface area is 151 Å². The molecule has 0 radical (unpaired) electrons. The number of carbonyl (C=O) groups is 1. The largest absolute Gasteiger partial charge is 0.351 e. The Hall–Kier alpha value is -2.14. The van der Waals surface area contributed by atoms with Gasteiger partial charge in [0.15, 0.2) is 0 Å². The normalized spacial score (nSPS) is 11.1. The van der Waals surface area contributed by atoms with Gasteiger partial charge in [-0.25, -0.2) is 4.68 Å². The zero-order valence-electron chi connectivity index (χ0n) is 16.1. The lowest BCUT2D eigenvalue weighted by Crippen LogP contribution is -2.32. The summed E-state index contributed by atoms with van der Waals surface area (Å²) >= 11 is 0. The van der Waals surface area contributed by atoms with Gasteiger partial charge in [0.05, 0.1) is 22.6 Å². The van der Waals surface area contributed by atoms with Gasteiger partial charge in [-0.3, -0.25) is 4.79 Å². The lowest BCUT2D eigenvalue weighted by molar-refractivity contribution is 0.0949. The van der Waals surface area contributed by atoms with Gasteiger partial charge in [0, 0.05) is 13.1 Å². The second-order valence-corrected chi connectivity index (χ2v) is 6.68. The van der Waals surface area contributed by atoms with E-state index >= 15 is 0 Å². The Kier molecular flexibility index (Phi) is 6.76. The number of hydrogen-bond acceptors (Lipinski definition) is 3. The molecule has 0 unspecified atom stereocenters. The first-order valence-corrected chi connectivity index (χ1v) is 9.08. The second kappa shape index (κ2) is 8.81. The molecule has 0 bridgehead atoms. The van der Waals surface area contributed by atoms with Gasteiger partial charge in [0.2, 0.25) is 0 Å². The first kappa shape index (κ1) is 19.2. The van der Waals surface area contributed by atoms with Crippen LogP contribution in [0.5, 0.6) is 0 Å². The summed E-state index contributed by atoms with van der Waals surface area (Å²) in [6.07, 6.45) is 2.54. The Balaban J connectivity index is 2.41. The van der Waals surface area contributed by atoms with Gasteiger partial charge in [-0.2, -0.15) is 5.10 Å². The highest BCUT2D eigenvalue weighted by atomic mass is 16.1. The summed E-state index contributed by atoms with van der Waals surface area (Å²) in [5.74, 6) is -0.0129. The molecule has 1 aromatic carbocycles. The molecule has 2 aromatic rings. The number of nitrogens with one attached hydrogen (secondary N) is 1. The Bertz CT molecular complexity index is 718. The fourth-order valence-corrected chi connectivity index (χ4v) is 2.96. The van der Waals surface area contributed by atoms with E-state index in [1.807, 2.05) is 30.9 Å². The number of rotatable bonds is 8. The van der Waals surface area contributed by atoms with Crippen LogP contribution in [0.1, 0.15) is 47.6 Å². The zero-order valence-corrected chi connectivity index (χ0v) is 16.1. The van der Waals surface area contributed by atoms with Gasteiger partial charge >= 0.3 is 0 Å². The van der Waals surface area contributed by atoms with Crippen molar-refractivity contribution in [2.75, 3.05) is 27.2 Å². The molecule has 0 spiro atoms. The molecular formula is C20H30N4O. The molecule has 0 aliphatic rings. The Morgan fingerprint density at radius 2 is 2.04 bits per heavy atom. The SMILES string of the molecule is CCCc1nn(-c2cccc(C)c2)c(CC)c1C(=O)NCCN(C)C. The predicted molar refractivity (Wildman–Crippen MR) is 103 cm³/mol. The number of hydrogen-bond donors (Lipinski definition) is 1. The maximum absolute atomic E-state index is 12.8. The van der Waals surface area contributed by atoms with Crippen molar-refractivity contribution in [3.05, 3.63) is 46.8 Å². The van der Waals surface area contributed by atoms with Crippen LogP contribution in [-0.4, -0.2) is 47.8 Å². The number of aryl methyl sites for hydroxylation is 2. The van der Waals surface area contributed by atoms with Crippen LogP contribution in [0.25, 0.3) is 5.69 Å². The van der Waals surface area contributed by atoms with E-state index in [1.165, 1.54) is 5.56 Å². The maximum Gasteiger partial charge on any atom is 0.255 e. The number of aromatic nitrogens is 2. The summed E-state index contributed by atoms with van der Waals surface area (Å²) in [6, 6.07) is 8.25. The van der Waals surface area contributed by atoms with E-state index in [-0.39, 0.29) is 5.91 Å². The highest BCUT2D eigenvalue weighted by molar-refractivity contribution is 5.96. The van der Waals surface area contributed by atoms with Crippen molar-refractivity contribution in [2.24, 2.45) is 0 Å². The van der Waals surface area contributed by atoms with Crippen molar-refractivity contribution in [3.63, 3.8) is 0 Å². The fourth-order valence-electron chi connectivity index (χ4n) is 2.96. The van der Waals surface area contributed by atoms with Gasteiger partial charge in [-0.15, -0.1) is 0 Å². The van der Waals surface area contributed by atoms with E-state index < -0.39 is 0 Å². The number of carbonyl (C=O) groups excluding carboxylic acids is 1. The average molecular weight is 342 g/mol. The molecule has 25 heavy (non-hydrogen) atoms. The average Bonchev–Trinajstić information content (AvgIpc) is 2.93. The highest BCUT2D eigenvalue weighted by Crippen LogP contribution is 2.21. The molecule has 136 valence electrons. The molecule has 0 saturated carbocycles. The van der Waals surface area contributed by atoms with Crippen LogP contribution in [0.4, 0.5) is 0 Å². The number of nitrogens with zero attached hydrogens (tertiary/aromatic N) is 3. The fraction of sp³-hybridized carbons (Fsp3) is 0.500. The third-order valence-corrected chi connectivity index (χ3v) is 4.19. The molecule has 0 atom stereocenters. The molecule has 5 heteroatoms. The molecule has 1 heterocycles. The number of likely N-dealkylation sites (N-methyl/N-ethyl adjacent to an activating group) is 1. The van der Waals surface area contributed by atoms with Gasteiger partial charge < -0.3 is 10.2 Å². The zero-order chi connectivity index (χ0) is 18.4. The molecule has 0 aliphatic carbocycles. The van der Waals surface area contributed by atoms with Crippen molar-refractivity contribution in [2.45, 2.75) is 40.0 Å². The van der Waals surface area contributed by atoms with E-state index in [4.69, 9.17) is 5.10 Å². The second-order valence-electron chi connectivity index (χ2n) is 6.68. The van der Waals surface area contributed by atoms with Crippen molar-refractivity contribution < 1.29 is 4.79 Å². The van der Waals surface area contributed by atoms with E-state index in [9.17, 15) is 4.79 Å². The summed E-state index contributed by atoms with van der Waals surface area (Å²) in [7, 11) is 4.00. The summed E-state index contributed by atoms with van der Waals surface area (Å²) in [5.41, 5.74) is 4.83. The van der Waals surface area contributed by atoms with E-state index in [1.54, 1.807) is 0 Å². The minimum Gasteiger partial charge on any atom is -0.351 e. The number of benzene rings is 1. The highest BCUT2D eigenvalue weighted by Gasteiger charge is 2.22. The molecule has 0 aliphatic heterocycles. The monoisotopic (exact) mass is 342 g/mol. The molecule has 0 saturated heterocycles. The van der Waals surface area contributed by atoms with Gasteiger partial charge in [0.1, 0.15) is 0 Å². The first-order valence-electron chi connectivity index (χ1n) is 9.08. The van der Waals surface area contributed by atoms with E-state index in [2.05, 4.69) is 43.1 Å². The topological polar surface area (TPSA) is 50.2 Å². The van der Waals surface area contributed by atoms with Crippen LogP contribution in [0, 0.1) is 6.92 Å². The van der Waals surface area contributed by atoms with Crippen molar-refractivity contribution in [3.8, 4) is 5.69 Å². The Morgan fingerprint density at radius 3 is 2.64 bits per heavy atom. The van der Waals surface area contributed by atoms with Crippen LogP contribution in [0.2, 0.25) is 0 Å². The molecular weight excluding hydrogens is 312 g/mol. The van der Waals surface area contributed by atoms with Crippen molar-refractivity contribution >= 4 is 5.91 Å². The minimum absolute atomic E-state index is 0.0129. The first-order chi connectivity index (χ1) is 12.0. The van der Waals surface area contributed by atoms with Gasteiger partial charge in [-0.1, -0.05) is 32.4 Å². The van der Waals surface area contributed by atoms with Gasteiger partial charge in [-0.05, 0) is 51.6 Å². The van der Waals surface area contributed by atoms with Crippen molar-refractivity contribution in [1.29, 1.82) is 0 Å². The van der Waals surface area contributed by atoms with Gasteiger partial charge in [0.25, 0.3) is 5.91 Å². The molecule has 1 amide bonds. The molecule has 1 N–H and O–H groups in total. The van der Waals surface area contributed by atoms with E-state index in [0.29, 0.717) is 6.54 Å². The summed E-state index contributed by atoms with van der Waals surface area (Å²) in [5, 5.41) is 7.84. The van der Waals surface area contributed by atoms with Crippen LogP contribution in [-0.2, 0) is 12.8 Å². The Morgan fingerprint density at radius 1 is 1.28 bits per heavy atom.